The van der Waals surface area contributed by atoms with Gasteiger partial charge in [0, 0.05) is 48.2 Å². The van der Waals surface area contributed by atoms with Crippen LogP contribution in [0.2, 0.25) is 0 Å². The minimum Gasteiger partial charge on any atom is -0.466 e. The van der Waals surface area contributed by atoms with E-state index in [0.29, 0.717) is 16.8 Å². The van der Waals surface area contributed by atoms with E-state index in [9.17, 15) is 24.5 Å². The lowest BCUT2D eigenvalue weighted by atomic mass is 9.62. The van der Waals surface area contributed by atoms with Crippen molar-refractivity contribution < 1.29 is 24.0 Å². The van der Waals surface area contributed by atoms with Gasteiger partial charge in [0.1, 0.15) is 0 Å². The number of rotatable bonds is 4. The number of non-ortho nitro benzene ring substituents is 1. The highest BCUT2D eigenvalue weighted by atomic mass is 16.6. The molecule has 8 nitrogen and oxygen atoms in total. The number of benzene rings is 3. The van der Waals surface area contributed by atoms with Crippen molar-refractivity contribution in [1.82, 2.24) is 0 Å². The molecule has 6 rings (SSSR count). The number of nitro benzene ring substituents is 1. The molecular formula is C30H26N2O6. The Balaban J connectivity index is 1.72. The minimum atomic E-state index is -1.38. The summed E-state index contributed by atoms with van der Waals surface area (Å²) in [5.74, 6) is -4.21. The van der Waals surface area contributed by atoms with Gasteiger partial charge in [-0.1, -0.05) is 48.5 Å². The van der Waals surface area contributed by atoms with Gasteiger partial charge in [0.25, 0.3) is 5.69 Å². The SMILES string of the molecule is CCOC(=O)C1C2c3ccc([N+](=O)[O-])cc3C(=O)C2C(c2ccccc2C)C12C(=O)N(C)c1ccccc12. The van der Waals surface area contributed by atoms with Gasteiger partial charge >= 0.3 is 5.97 Å². The van der Waals surface area contributed by atoms with Crippen molar-refractivity contribution in [3.63, 3.8) is 0 Å². The van der Waals surface area contributed by atoms with Crippen molar-refractivity contribution in [1.29, 1.82) is 0 Å². The summed E-state index contributed by atoms with van der Waals surface area (Å²) in [6.45, 7) is 3.76. The number of para-hydroxylation sites is 1. The molecule has 0 N–H and O–H groups in total. The molecule has 1 heterocycles. The summed E-state index contributed by atoms with van der Waals surface area (Å²) in [7, 11) is 1.69. The third-order valence-corrected chi connectivity index (χ3v) is 8.69. The van der Waals surface area contributed by atoms with Gasteiger partial charge in [-0.05, 0) is 42.2 Å². The fourth-order valence-corrected chi connectivity index (χ4v) is 7.36. The summed E-state index contributed by atoms with van der Waals surface area (Å²) in [5.41, 5.74) is 2.33. The summed E-state index contributed by atoms with van der Waals surface area (Å²) < 4.78 is 5.62. The molecule has 0 aromatic heterocycles. The maximum atomic E-state index is 14.5. The van der Waals surface area contributed by atoms with Crippen molar-refractivity contribution in [3.05, 3.63) is 105 Å². The Hall–Kier alpha value is -4.33. The molecule has 8 heteroatoms. The lowest BCUT2D eigenvalue weighted by molar-refractivity contribution is -0.384. The maximum absolute atomic E-state index is 14.5. The highest BCUT2D eigenvalue weighted by molar-refractivity contribution is 6.15. The van der Waals surface area contributed by atoms with Gasteiger partial charge in [0.2, 0.25) is 5.91 Å². The van der Waals surface area contributed by atoms with Crippen molar-refractivity contribution in [3.8, 4) is 0 Å². The number of aryl methyl sites for hydroxylation is 1. The van der Waals surface area contributed by atoms with E-state index in [2.05, 4.69) is 0 Å². The highest BCUT2D eigenvalue weighted by Gasteiger charge is 2.74. The van der Waals surface area contributed by atoms with Crippen LogP contribution in [0.3, 0.4) is 0 Å². The molecule has 1 amide bonds. The Morgan fingerprint density at radius 1 is 1.03 bits per heavy atom. The Bertz CT molecular complexity index is 1550. The maximum Gasteiger partial charge on any atom is 0.311 e. The van der Waals surface area contributed by atoms with E-state index in [1.54, 1.807) is 24.9 Å². The fourth-order valence-electron chi connectivity index (χ4n) is 7.36. The van der Waals surface area contributed by atoms with Gasteiger partial charge < -0.3 is 9.64 Å². The lowest BCUT2D eigenvalue weighted by Gasteiger charge is -2.37. The van der Waals surface area contributed by atoms with Crippen LogP contribution < -0.4 is 4.90 Å². The molecule has 1 spiro atoms. The topological polar surface area (TPSA) is 107 Å². The fraction of sp³-hybridized carbons (Fsp3) is 0.300. The first-order chi connectivity index (χ1) is 18.2. The van der Waals surface area contributed by atoms with Gasteiger partial charge in [-0.15, -0.1) is 0 Å². The Kier molecular flexibility index (Phi) is 5.28. The zero-order chi connectivity index (χ0) is 26.9. The Morgan fingerprint density at radius 3 is 2.45 bits per heavy atom. The first-order valence-corrected chi connectivity index (χ1v) is 12.7. The second-order valence-electron chi connectivity index (χ2n) is 10.3. The zero-order valence-corrected chi connectivity index (χ0v) is 21.2. The molecule has 3 aromatic carbocycles. The molecular weight excluding hydrogens is 484 g/mol. The highest BCUT2D eigenvalue weighted by Crippen LogP contribution is 2.70. The Labute approximate surface area is 219 Å². The van der Waals surface area contributed by atoms with E-state index < -0.39 is 40.0 Å². The first kappa shape index (κ1) is 24.0. The van der Waals surface area contributed by atoms with Gasteiger partial charge in [-0.2, -0.15) is 0 Å². The third kappa shape index (κ3) is 2.88. The molecule has 3 aromatic rings. The first-order valence-electron chi connectivity index (χ1n) is 12.7. The summed E-state index contributed by atoms with van der Waals surface area (Å²) in [6, 6.07) is 19.3. The predicted molar refractivity (Wildman–Crippen MR) is 139 cm³/mol. The Morgan fingerprint density at radius 2 is 1.74 bits per heavy atom. The molecule has 38 heavy (non-hydrogen) atoms. The van der Waals surface area contributed by atoms with Crippen molar-refractivity contribution in [2.24, 2.45) is 11.8 Å². The van der Waals surface area contributed by atoms with E-state index >= 15 is 0 Å². The van der Waals surface area contributed by atoms with Crippen molar-refractivity contribution in [2.45, 2.75) is 31.1 Å². The van der Waals surface area contributed by atoms with Crippen LogP contribution in [0.25, 0.3) is 0 Å². The minimum absolute atomic E-state index is 0.116. The number of hydrogen-bond acceptors (Lipinski definition) is 6. The van der Waals surface area contributed by atoms with E-state index in [4.69, 9.17) is 4.74 Å². The molecule has 1 aliphatic heterocycles. The molecule has 5 atom stereocenters. The summed E-state index contributed by atoms with van der Waals surface area (Å²) >= 11 is 0. The number of carbonyl (C=O) groups excluding carboxylic acids is 3. The molecule has 3 aliphatic rings. The molecule has 1 fully saturated rings. The van der Waals surface area contributed by atoms with Crippen LogP contribution >= 0.6 is 0 Å². The molecule has 0 bridgehead atoms. The third-order valence-electron chi connectivity index (χ3n) is 8.69. The van der Waals surface area contributed by atoms with Crippen molar-refractivity contribution in [2.75, 3.05) is 18.6 Å². The van der Waals surface area contributed by atoms with Gasteiger partial charge in [-0.3, -0.25) is 24.5 Å². The molecule has 5 unspecified atom stereocenters. The van der Waals surface area contributed by atoms with E-state index in [-0.39, 0.29) is 29.5 Å². The average molecular weight is 511 g/mol. The number of carbonyl (C=O) groups is 3. The number of nitrogens with zero attached hydrogens (tertiary/aromatic N) is 2. The number of ketones is 1. The normalized spacial score (nSPS) is 26.9. The molecule has 2 aliphatic carbocycles. The van der Waals surface area contributed by atoms with Crippen LogP contribution in [0.5, 0.6) is 0 Å². The van der Waals surface area contributed by atoms with E-state index in [0.717, 1.165) is 11.1 Å². The summed E-state index contributed by atoms with van der Waals surface area (Å²) in [4.78, 5) is 55.3. The van der Waals surface area contributed by atoms with Gasteiger partial charge in [0.15, 0.2) is 5.78 Å². The summed E-state index contributed by atoms with van der Waals surface area (Å²) in [6.07, 6.45) is 0. The summed E-state index contributed by atoms with van der Waals surface area (Å²) in [5, 5.41) is 11.5. The van der Waals surface area contributed by atoms with E-state index in [1.165, 1.54) is 12.1 Å². The van der Waals surface area contributed by atoms with Crippen molar-refractivity contribution >= 4 is 29.0 Å². The molecule has 192 valence electrons. The smallest absolute Gasteiger partial charge is 0.311 e. The van der Waals surface area contributed by atoms with Gasteiger partial charge in [-0.25, -0.2) is 0 Å². The lowest BCUT2D eigenvalue weighted by Crippen LogP contribution is -2.49. The zero-order valence-electron chi connectivity index (χ0n) is 21.2. The average Bonchev–Trinajstić information content (AvgIpc) is 3.45. The number of hydrogen-bond donors (Lipinski definition) is 0. The largest absolute Gasteiger partial charge is 0.466 e. The van der Waals surface area contributed by atoms with Crippen LogP contribution in [0.15, 0.2) is 66.7 Å². The number of ether oxygens (including phenoxy) is 1. The number of fused-ring (bicyclic) bond motifs is 5. The number of esters is 1. The number of anilines is 1. The predicted octanol–water partition coefficient (Wildman–Crippen LogP) is 4.69. The van der Waals surface area contributed by atoms with Crippen LogP contribution in [-0.2, 0) is 19.7 Å². The second-order valence-corrected chi connectivity index (χ2v) is 10.3. The standard InChI is InChI=1S/C30H26N2O6/c1-4-38-28(34)26-23-19-14-13-17(32(36)37)15-20(19)27(33)24(23)25(18-10-6-5-9-16(18)2)30(26)21-11-7-8-12-22(21)31(3)29(30)35/h5-15,23-26H,4H2,1-3H3. The quantitative estimate of drug-likeness (QED) is 0.286. The molecule has 0 radical (unpaired) electrons. The number of nitro groups is 1. The monoisotopic (exact) mass is 510 g/mol. The second kappa shape index (κ2) is 8.34. The molecule has 1 saturated carbocycles. The number of amides is 1. The van der Waals surface area contributed by atoms with Gasteiger partial charge in [0.05, 0.1) is 22.9 Å². The van der Waals surface area contributed by atoms with Crippen LogP contribution in [0.4, 0.5) is 11.4 Å². The van der Waals surface area contributed by atoms with Crippen LogP contribution in [-0.4, -0.2) is 36.2 Å². The van der Waals surface area contributed by atoms with Crippen LogP contribution in [0.1, 0.15) is 51.4 Å². The molecule has 0 saturated heterocycles. The van der Waals surface area contributed by atoms with E-state index in [1.807, 2.05) is 55.5 Å². The number of likely N-dealkylation sites (N-methyl/N-ethyl adjacent to an activating group) is 1. The number of Topliss-reactive ketones (excluding diaryl/α,β-unsaturated/α-hetero) is 1. The van der Waals surface area contributed by atoms with Crippen LogP contribution in [0, 0.1) is 28.9 Å².